The molecule has 1 fully saturated rings. The Kier molecular flexibility index (Phi) is 5.74. The van der Waals surface area contributed by atoms with Gasteiger partial charge in [-0.1, -0.05) is 6.07 Å². The molecule has 0 radical (unpaired) electrons. The quantitative estimate of drug-likeness (QED) is 0.430. The van der Waals surface area contributed by atoms with Crippen molar-refractivity contribution < 1.29 is 9.53 Å². The molecule has 35 heavy (non-hydrogen) atoms. The number of cyclic esters (lactones) is 1. The Bertz CT molecular complexity index is 1360. The molecule has 0 aliphatic carbocycles. The molecule has 0 amide bonds. The van der Waals surface area contributed by atoms with Gasteiger partial charge < -0.3 is 10.1 Å². The number of nitrogens with one attached hydrogen (secondary N) is 1. The van der Waals surface area contributed by atoms with Crippen molar-refractivity contribution >= 4 is 21.7 Å². The lowest BCUT2D eigenvalue weighted by Crippen LogP contribution is -2.50. The van der Waals surface area contributed by atoms with Crippen molar-refractivity contribution in [2.75, 3.05) is 13.1 Å². The smallest absolute Gasteiger partial charge is 0.337 e. The number of aromatic nitrogens is 4. The summed E-state index contributed by atoms with van der Waals surface area (Å²) in [6.07, 6.45) is 3.32. The molecule has 3 aromatic rings. The van der Waals surface area contributed by atoms with Crippen molar-refractivity contribution in [1.29, 1.82) is 5.26 Å². The minimum Gasteiger partial charge on any atom is -0.470 e. The second-order valence-electron chi connectivity index (χ2n) is 10.0. The lowest BCUT2D eigenvalue weighted by Gasteiger charge is -2.38. The Morgan fingerprint density at radius 1 is 1.29 bits per heavy atom. The van der Waals surface area contributed by atoms with Gasteiger partial charge in [-0.25, -0.2) is 9.78 Å². The van der Waals surface area contributed by atoms with Gasteiger partial charge in [0.25, 0.3) is 0 Å². The zero-order valence-electron chi connectivity index (χ0n) is 20.7. The molecule has 0 unspecified atom stereocenters. The molecule has 0 saturated carbocycles. The molecule has 0 spiro atoms. The number of fused-ring (bicyclic) bond motifs is 1. The van der Waals surface area contributed by atoms with Crippen LogP contribution in [0, 0.1) is 25.2 Å². The molecule has 176 valence electrons. The van der Waals surface area contributed by atoms with Crippen LogP contribution in [-0.2, 0) is 16.7 Å². The second-order valence-corrected chi connectivity index (χ2v) is 10.0. The van der Waals surface area contributed by atoms with E-state index in [1.165, 1.54) is 10.4 Å². The number of esters is 1. The fraction of sp³-hybridized carbons (Fsp3) is 0.375. The number of rotatable bonds is 4. The Morgan fingerprint density at radius 3 is 2.83 bits per heavy atom. The number of hydrogen-bond acceptors (Lipinski definition) is 8. The van der Waals surface area contributed by atoms with Crippen LogP contribution in [0.15, 0.2) is 30.6 Å². The van der Waals surface area contributed by atoms with Gasteiger partial charge in [0.1, 0.15) is 6.07 Å². The number of carbonyl (C=O) groups excluding carboxylic acids is 1. The van der Waals surface area contributed by atoms with Crippen molar-refractivity contribution in [1.82, 2.24) is 30.2 Å². The summed E-state index contributed by atoms with van der Waals surface area (Å²) in [5.41, 5.74) is 6.19. The summed E-state index contributed by atoms with van der Waals surface area (Å²) in [4.78, 5) is 20.5. The van der Waals surface area contributed by atoms with E-state index in [0.29, 0.717) is 23.5 Å². The van der Waals surface area contributed by atoms with E-state index in [1.807, 2.05) is 34.7 Å². The zero-order valence-corrected chi connectivity index (χ0v) is 20.7. The third-order valence-corrected chi connectivity index (χ3v) is 6.86. The third kappa shape index (κ3) is 4.24. The van der Waals surface area contributed by atoms with Crippen LogP contribution in [-0.4, -0.2) is 65.7 Å². The summed E-state index contributed by atoms with van der Waals surface area (Å²) < 4.78 is 5.61. The fourth-order valence-corrected chi connectivity index (χ4v) is 5.35. The van der Waals surface area contributed by atoms with Crippen molar-refractivity contribution in [3.05, 3.63) is 69.7 Å². The molecular weight excluding hydrogens is 440 g/mol. The van der Waals surface area contributed by atoms with Gasteiger partial charge in [0.2, 0.25) is 0 Å². The van der Waals surface area contributed by atoms with Gasteiger partial charge in [-0.2, -0.15) is 15.5 Å². The number of pyridine rings is 1. The Hall–Kier alpha value is -3.48. The predicted molar refractivity (Wildman–Crippen MR) is 135 cm³/mol. The lowest BCUT2D eigenvalue weighted by molar-refractivity contribution is 0.0444. The van der Waals surface area contributed by atoms with E-state index in [9.17, 15) is 4.79 Å². The first-order valence-electron chi connectivity index (χ1n) is 11.8. The normalized spacial score (nSPS) is 21.4. The number of nitrogens with zero attached hydrogens (tertiary/aromatic N) is 6. The van der Waals surface area contributed by atoms with Crippen LogP contribution in [0.3, 0.4) is 0 Å². The zero-order chi connectivity index (χ0) is 24.9. The number of aryl methyl sites for hydroxylation is 1. The minimum atomic E-state index is -0.622. The maximum atomic E-state index is 12.3. The topological polar surface area (TPSA) is 109 Å². The first kappa shape index (κ1) is 23.3. The number of ether oxygens (including phenoxy) is 1. The summed E-state index contributed by atoms with van der Waals surface area (Å²) >= 11 is 0. The predicted octanol–water partition coefficient (Wildman–Crippen LogP) is 0.233. The number of benzene rings is 1. The number of hydrogen-bond donors (Lipinski definition) is 1. The molecule has 4 heterocycles. The number of nitriles is 1. The molecular formula is C24H27B2N7O2. The molecule has 1 aromatic carbocycles. The van der Waals surface area contributed by atoms with Crippen LogP contribution < -0.4 is 5.32 Å². The van der Waals surface area contributed by atoms with Gasteiger partial charge in [0.05, 0.1) is 28.4 Å². The molecule has 1 saturated heterocycles. The van der Waals surface area contributed by atoms with Crippen molar-refractivity contribution in [2.24, 2.45) is 0 Å². The summed E-state index contributed by atoms with van der Waals surface area (Å²) in [5, 5.41) is 21.3. The Balaban J connectivity index is 1.36. The average Bonchev–Trinajstić information content (AvgIpc) is 3.35. The van der Waals surface area contributed by atoms with Gasteiger partial charge in [0, 0.05) is 37.9 Å². The lowest BCUT2D eigenvalue weighted by atomic mass is 9.60. The van der Waals surface area contributed by atoms with E-state index < -0.39 is 5.40 Å². The van der Waals surface area contributed by atoms with E-state index in [4.69, 9.17) is 10.00 Å². The van der Waals surface area contributed by atoms with Crippen LogP contribution in [0.25, 0.3) is 5.82 Å². The maximum absolute atomic E-state index is 12.3. The minimum absolute atomic E-state index is 0.119. The highest BCUT2D eigenvalue weighted by Crippen LogP contribution is 2.37. The third-order valence-electron chi connectivity index (χ3n) is 6.86. The SMILES string of the molecule is BC1(B)OC(=O)c2ccc([C@@H]3CN(Cc4cnn(-c5cc(C)c(C#N)cn5)n4)C[C@H](C)N3)c(C)c21. The molecule has 5 rings (SSSR count). The molecule has 1 N–H and O–H groups in total. The van der Waals surface area contributed by atoms with Crippen molar-refractivity contribution in [3.63, 3.8) is 0 Å². The van der Waals surface area contributed by atoms with E-state index in [2.05, 4.69) is 51.4 Å². The first-order valence-corrected chi connectivity index (χ1v) is 11.8. The Labute approximate surface area is 206 Å². The van der Waals surface area contributed by atoms with Gasteiger partial charge in [0.15, 0.2) is 21.5 Å². The molecule has 2 aliphatic heterocycles. The molecule has 11 heteroatoms. The first-order chi connectivity index (χ1) is 16.7. The number of carbonyl (C=O) groups is 1. The second kappa shape index (κ2) is 8.63. The van der Waals surface area contributed by atoms with Crippen LogP contribution in [0.4, 0.5) is 0 Å². The monoisotopic (exact) mass is 467 g/mol. The van der Waals surface area contributed by atoms with E-state index in [-0.39, 0.29) is 18.1 Å². The van der Waals surface area contributed by atoms with Gasteiger partial charge >= 0.3 is 5.97 Å². The van der Waals surface area contributed by atoms with Crippen LogP contribution in [0.1, 0.15) is 56.8 Å². The van der Waals surface area contributed by atoms with Gasteiger partial charge in [-0.05, 0) is 55.2 Å². The van der Waals surface area contributed by atoms with Crippen LogP contribution in [0.5, 0.6) is 0 Å². The molecule has 2 atom stereocenters. The Morgan fingerprint density at radius 2 is 2.09 bits per heavy atom. The molecule has 9 nitrogen and oxygen atoms in total. The van der Waals surface area contributed by atoms with Crippen molar-refractivity contribution in [3.8, 4) is 11.9 Å². The number of piperazine rings is 1. The van der Waals surface area contributed by atoms with E-state index in [0.717, 1.165) is 35.5 Å². The highest BCUT2D eigenvalue weighted by molar-refractivity contribution is 6.41. The maximum Gasteiger partial charge on any atom is 0.337 e. The molecule has 2 aliphatic rings. The summed E-state index contributed by atoms with van der Waals surface area (Å²) in [7, 11) is 3.90. The van der Waals surface area contributed by atoms with E-state index >= 15 is 0 Å². The summed E-state index contributed by atoms with van der Waals surface area (Å²) in [5.74, 6) is 0.341. The van der Waals surface area contributed by atoms with Crippen molar-refractivity contribution in [2.45, 2.75) is 44.8 Å². The van der Waals surface area contributed by atoms with Crippen LogP contribution in [0.2, 0.25) is 0 Å². The van der Waals surface area contributed by atoms with Gasteiger partial charge in [-0.3, -0.25) is 4.90 Å². The highest BCUT2D eigenvalue weighted by atomic mass is 16.6. The molecule has 0 bridgehead atoms. The van der Waals surface area contributed by atoms with E-state index in [1.54, 1.807) is 12.4 Å². The standard InChI is InChI=1S/C24H27B2N7O2/c1-13-6-21(28-8-16(13)7-27)33-29-9-17(31-33)11-32-10-14(2)30-20(12-32)18-4-5-19-22(15(18)3)24(25,26)35-23(19)34/h4-6,8-9,14,20,30H,10-12,25-26H2,1-3H3/t14-,20-/m0/s1. The average molecular weight is 467 g/mol. The summed E-state index contributed by atoms with van der Waals surface area (Å²) in [6, 6.07) is 8.31. The largest absolute Gasteiger partial charge is 0.470 e. The summed E-state index contributed by atoms with van der Waals surface area (Å²) in [6.45, 7) is 8.49. The van der Waals surface area contributed by atoms with Gasteiger partial charge in [-0.15, -0.1) is 4.80 Å². The molecule has 2 aromatic heterocycles. The fourth-order valence-electron chi connectivity index (χ4n) is 5.35. The van der Waals surface area contributed by atoms with Crippen LogP contribution >= 0.6 is 0 Å². The highest BCUT2D eigenvalue weighted by Gasteiger charge is 2.40.